The number of piperidine rings is 1. The van der Waals surface area contributed by atoms with Crippen molar-refractivity contribution in [1.82, 2.24) is 30.0 Å². The Morgan fingerprint density at radius 1 is 0.925 bits per heavy atom. The van der Waals surface area contributed by atoms with Crippen LogP contribution in [0.25, 0.3) is 22.6 Å². The van der Waals surface area contributed by atoms with E-state index in [0.717, 1.165) is 29.8 Å². The zero-order valence-corrected chi connectivity index (χ0v) is 28.7. The van der Waals surface area contributed by atoms with Crippen LogP contribution in [0.4, 0.5) is 15.8 Å². The van der Waals surface area contributed by atoms with E-state index in [0.29, 0.717) is 66.9 Å². The summed E-state index contributed by atoms with van der Waals surface area (Å²) in [6, 6.07) is 24.3. The Labute approximate surface area is 304 Å². The van der Waals surface area contributed by atoms with Crippen molar-refractivity contribution in [2.75, 3.05) is 49.5 Å². The van der Waals surface area contributed by atoms with Gasteiger partial charge in [-0.1, -0.05) is 30.3 Å². The molecule has 13 nitrogen and oxygen atoms in total. The van der Waals surface area contributed by atoms with Gasteiger partial charge in [0.2, 0.25) is 11.8 Å². The maximum absolute atomic E-state index is 15.1. The van der Waals surface area contributed by atoms with Gasteiger partial charge in [-0.05, 0) is 54.4 Å². The molecular weight excluding hydrogens is 677 g/mol. The van der Waals surface area contributed by atoms with Gasteiger partial charge in [0.25, 0.3) is 5.56 Å². The highest BCUT2D eigenvalue weighted by Crippen LogP contribution is 2.26. The first-order valence-corrected chi connectivity index (χ1v) is 17.3. The van der Waals surface area contributed by atoms with Crippen molar-refractivity contribution in [3.63, 3.8) is 0 Å². The number of hydrogen-bond acceptors (Lipinski definition) is 11. The van der Waals surface area contributed by atoms with Crippen LogP contribution in [0.2, 0.25) is 0 Å². The second kappa shape index (κ2) is 15.8. The van der Waals surface area contributed by atoms with E-state index >= 15 is 4.39 Å². The van der Waals surface area contributed by atoms with Crippen LogP contribution in [0, 0.1) is 17.1 Å². The number of ether oxygens (including phenoxy) is 1. The van der Waals surface area contributed by atoms with E-state index in [1.807, 2.05) is 35.2 Å². The quantitative estimate of drug-likeness (QED) is 0.192. The molecule has 53 heavy (non-hydrogen) atoms. The van der Waals surface area contributed by atoms with Crippen molar-refractivity contribution >= 4 is 23.2 Å². The summed E-state index contributed by atoms with van der Waals surface area (Å²) < 4.78 is 22.4. The number of hydrogen-bond donors (Lipinski definition) is 2. The topological polar surface area (TPSA) is 158 Å². The summed E-state index contributed by atoms with van der Waals surface area (Å²) in [4.78, 5) is 49.4. The first-order valence-electron chi connectivity index (χ1n) is 17.3. The highest BCUT2D eigenvalue weighted by molar-refractivity contribution is 6.01. The number of nitriles is 1. The lowest BCUT2D eigenvalue weighted by Gasteiger charge is -2.36. The van der Waals surface area contributed by atoms with Gasteiger partial charge in [-0.2, -0.15) is 10.4 Å². The Bertz CT molecular complexity index is 2230. The number of halogens is 1. The van der Waals surface area contributed by atoms with Crippen LogP contribution in [0.5, 0.6) is 5.75 Å². The van der Waals surface area contributed by atoms with Crippen molar-refractivity contribution in [1.29, 1.82) is 5.26 Å². The third-order valence-electron chi connectivity index (χ3n) is 9.22. The fraction of sp³-hybridized carbons (Fsp3) is 0.256. The molecule has 0 aliphatic carbocycles. The molecule has 2 amide bonds. The molecule has 7 rings (SSSR count). The number of anilines is 2. The number of aromatic nitrogens is 4. The number of carbonyl (C=O) groups excluding carboxylic acids is 2. The molecule has 4 heterocycles. The number of carbonyl (C=O) groups is 2. The molecule has 0 radical (unpaired) electrons. The second-order valence-corrected chi connectivity index (χ2v) is 12.8. The second-order valence-electron chi connectivity index (χ2n) is 12.8. The molecule has 1 unspecified atom stereocenters. The van der Waals surface area contributed by atoms with Crippen molar-refractivity contribution in [3.8, 4) is 34.5 Å². The summed E-state index contributed by atoms with van der Waals surface area (Å²) >= 11 is 0. The van der Waals surface area contributed by atoms with E-state index in [9.17, 15) is 19.6 Å². The van der Waals surface area contributed by atoms with Gasteiger partial charge < -0.3 is 15.0 Å². The van der Waals surface area contributed by atoms with Crippen molar-refractivity contribution in [2.24, 2.45) is 0 Å². The largest absolute Gasteiger partial charge is 0.489 e. The van der Waals surface area contributed by atoms with Crippen LogP contribution < -0.4 is 25.8 Å². The normalized spacial score (nSPS) is 16.2. The van der Waals surface area contributed by atoms with E-state index in [-0.39, 0.29) is 30.2 Å². The molecule has 0 spiro atoms. The minimum atomic E-state index is -0.569. The van der Waals surface area contributed by atoms with Crippen molar-refractivity contribution in [3.05, 3.63) is 119 Å². The van der Waals surface area contributed by atoms with Gasteiger partial charge in [0.05, 0.1) is 42.0 Å². The lowest BCUT2D eigenvalue weighted by atomic mass is 10.1. The summed E-state index contributed by atoms with van der Waals surface area (Å²) in [5.74, 6) is 0.00699. The summed E-state index contributed by atoms with van der Waals surface area (Å²) in [6.45, 7) is 4.16. The van der Waals surface area contributed by atoms with Crippen LogP contribution >= 0.6 is 0 Å². The molecule has 2 aliphatic rings. The molecule has 2 saturated heterocycles. The molecule has 2 aromatic heterocycles. The zero-order chi connectivity index (χ0) is 36.7. The van der Waals surface area contributed by atoms with Crippen LogP contribution in [-0.4, -0.2) is 81.8 Å². The molecule has 2 fully saturated rings. The average Bonchev–Trinajstić information content (AvgIpc) is 3.18. The van der Waals surface area contributed by atoms with Gasteiger partial charge in [-0.3, -0.25) is 24.6 Å². The van der Waals surface area contributed by atoms with E-state index in [2.05, 4.69) is 36.7 Å². The van der Waals surface area contributed by atoms with E-state index in [4.69, 9.17) is 4.74 Å². The summed E-state index contributed by atoms with van der Waals surface area (Å²) in [6.07, 6.45) is 3.90. The van der Waals surface area contributed by atoms with Gasteiger partial charge in [0.1, 0.15) is 18.5 Å². The van der Waals surface area contributed by atoms with Crippen molar-refractivity contribution < 1.29 is 18.7 Å². The molecule has 1 atom stereocenters. The molecule has 3 aromatic carbocycles. The third kappa shape index (κ3) is 8.54. The minimum Gasteiger partial charge on any atom is -0.489 e. The van der Waals surface area contributed by atoms with Gasteiger partial charge in [0, 0.05) is 62.0 Å². The van der Waals surface area contributed by atoms with Gasteiger partial charge in [0.15, 0.2) is 11.6 Å². The number of amides is 2. The fourth-order valence-corrected chi connectivity index (χ4v) is 6.38. The van der Waals surface area contributed by atoms with Gasteiger partial charge >= 0.3 is 0 Å². The Morgan fingerprint density at radius 2 is 1.72 bits per heavy atom. The maximum Gasteiger partial charge on any atom is 0.267 e. The molecular formula is C39H36FN9O4. The average molecular weight is 714 g/mol. The lowest BCUT2D eigenvalue weighted by molar-refractivity contribution is -0.133. The lowest BCUT2D eigenvalue weighted by Crippen LogP contribution is -2.48. The van der Waals surface area contributed by atoms with Crippen LogP contribution in [0.1, 0.15) is 24.0 Å². The van der Waals surface area contributed by atoms with E-state index in [1.54, 1.807) is 48.8 Å². The Morgan fingerprint density at radius 3 is 2.49 bits per heavy atom. The molecule has 268 valence electrons. The van der Waals surface area contributed by atoms with Gasteiger partial charge in [-0.15, -0.1) is 0 Å². The Balaban J connectivity index is 0.884. The van der Waals surface area contributed by atoms with Crippen LogP contribution in [-0.2, 0) is 16.1 Å². The number of benzene rings is 3. The molecule has 0 bridgehead atoms. The maximum atomic E-state index is 15.1. The first-order chi connectivity index (χ1) is 25.8. The van der Waals surface area contributed by atoms with Crippen molar-refractivity contribution in [2.45, 2.75) is 25.4 Å². The minimum absolute atomic E-state index is 0.239. The number of nitrogens with zero attached hydrogens (tertiary/aromatic N) is 7. The summed E-state index contributed by atoms with van der Waals surface area (Å²) in [5, 5.41) is 19.1. The zero-order valence-electron chi connectivity index (χ0n) is 28.7. The molecule has 2 aliphatic heterocycles. The van der Waals surface area contributed by atoms with E-state index in [1.165, 1.54) is 16.8 Å². The van der Waals surface area contributed by atoms with Crippen LogP contribution in [0.15, 0.2) is 96.1 Å². The Hall–Kier alpha value is -6.46. The third-order valence-corrected chi connectivity index (χ3v) is 9.22. The molecule has 0 saturated carbocycles. The summed E-state index contributed by atoms with van der Waals surface area (Å²) in [5.41, 5.74) is 4.27. The van der Waals surface area contributed by atoms with Crippen LogP contribution in [0.3, 0.4) is 0 Å². The standard InChI is InChI=1S/C39H36FN9O4/c40-32-21-30(44-34-8-11-36(50)45-39(34)52)7-10-35(32)48-15-13-47(14-16-48)17-18-53-31-23-42-38(43-24-31)29-6-2-4-27(20-29)25-49-37(51)12-9-33(46-49)28-5-1-3-26(19-28)22-41/h1-7,9-10,12,19-21,23-24,34,44H,8,11,13-18,25H2,(H,45,50,52). The number of rotatable bonds is 11. The predicted molar refractivity (Wildman–Crippen MR) is 196 cm³/mol. The molecule has 14 heteroatoms. The number of piperazine rings is 1. The molecule has 2 N–H and O–H groups in total. The number of nitrogens with one attached hydrogen (secondary N) is 2. The highest BCUT2D eigenvalue weighted by atomic mass is 19.1. The monoisotopic (exact) mass is 713 g/mol. The smallest absolute Gasteiger partial charge is 0.267 e. The molecule has 5 aromatic rings. The SMILES string of the molecule is N#Cc1cccc(-c2ccc(=O)n(Cc3cccc(-c4ncc(OCCN5CCN(c6ccc(NC7CCC(=O)NC7=O)cc6F)CC5)cn4)c3)n2)c1. The Kier molecular flexibility index (Phi) is 10.4. The van der Waals surface area contributed by atoms with E-state index < -0.39 is 11.9 Å². The highest BCUT2D eigenvalue weighted by Gasteiger charge is 2.27. The van der Waals surface area contributed by atoms with Gasteiger partial charge in [-0.25, -0.2) is 19.0 Å². The fourth-order valence-electron chi connectivity index (χ4n) is 6.38. The predicted octanol–water partition coefficient (Wildman–Crippen LogP) is 3.84. The number of imide groups is 1. The summed E-state index contributed by atoms with van der Waals surface area (Å²) in [7, 11) is 0. The first kappa shape index (κ1) is 35.0.